The summed E-state index contributed by atoms with van der Waals surface area (Å²) < 4.78 is 5.17. The zero-order chi connectivity index (χ0) is 10.8. The fraction of sp³-hybridized carbons (Fsp3) is 0.750. The van der Waals surface area contributed by atoms with E-state index in [4.69, 9.17) is 4.74 Å². The molecule has 1 atom stereocenters. The molecule has 2 nitrogen and oxygen atoms in total. The van der Waals surface area contributed by atoms with Crippen LogP contribution in [0.4, 0.5) is 0 Å². The molecule has 0 saturated carbocycles. The monoisotopic (exact) mass is 198 g/mol. The Labute approximate surface area is 87.3 Å². The van der Waals surface area contributed by atoms with E-state index in [1.165, 1.54) is 19.8 Å². The van der Waals surface area contributed by atoms with Gasteiger partial charge in [-0.2, -0.15) is 0 Å². The van der Waals surface area contributed by atoms with Crippen molar-refractivity contribution in [3.63, 3.8) is 0 Å². The maximum atomic E-state index is 10.8. The number of allylic oxidation sites excluding steroid dienone is 1. The van der Waals surface area contributed by atoms with Gasteiger partial charge in [-0.05, 0) is 25.3 Å². The molecule has 2 heteroatoms. The van der Waals surface area contributed by atoms with Gasteiger partial charge < -0.3 is 4.74 Å². The van der Waals surface area contributed by atoms with Crippen molar-refractivity contribution in [1.29, 1.82) is 0 Å². The first-order valence-electron chi connectivity index (χ1n) is 5.54. The summed E-state index contributed by atoms with van der Waals surface area (Å²) in [7, 11) is 0. The van der Waals surface area contributed by atoms with Gasteiger partial charge in [0.2, 0.25) is 0 Å². The number of esters is 1. The normalized spacial score (nSPS) is 13.1. The molecule has 0 aromatic rings. The van der Waals surface area contributed by atoms with E-state index in [-0.39, 0.29) is 12.1 Å². The summed E-state index contributed by atoms with van der Waals surface area (Å²) in [4.78, 5) is 10.8. The summed E-state index contributed by atoms with van der Waals surface area (Å²) in [6.07, 6.45) is 9.51. The molecule has 0 bridgehead atoms. The van der Waals surface area contributed by atoms with Crippen molar-refractivity contribution in [3.8, 4) is 0 Å². The molecule has 0 aliphatic heterocycles. The first kappa shape index (κ1) is 13.2. The Balaban J connectivity index is 3.84. The highest BCUT2D eigenvalue weighted by atomic mass is 16.5. The van der Waals surface area contributed by atoms with Crippen LogP contribution < -0.4 is 0 Å². The Kier molecular flexibility index (Phi) is 8.30. The molecule has 0 aliphatic rings. The number of carbonyl (C=O) groups excluding carboxylic acids is 1. The fourth-order valence-electron chi connectivity index (χ4n) is 1.29. The van der Waals surface area contributed by atoms with Crippen LogP contribution >= 0.6 is 0 Å². The zero-order valence-corrected chi connectivity index (χ0v) is 9.58. The predicted octanol–water partition coefficient (Wildman–Crippen LogP) is 3.46. The van der Waals surface area contributed by atoms with Crippen molar-refractivity contribution >= 4 is 5.97 Å². The van der Waals surface area contributed by atoms with Crippen molar-refractivity contribution in [2.45, 2.75) is 59.0 Å². The van der Waals surface area contributed by atoms with Crippen molar-refractivity contribution in [3.05, 3.63) is 12.2 Å². The van der Waals surface area contributed by atoms with Gasteiger partial charge >= 0.3 is 5.97 Å². The van der Waals surface area contributed by atoms with Gasteiger partial charge in [0, 0.05) is 6.92 Å². The molecule has 0 radical (unpaired) electrons. The second-order valence-corrected chi connectivity index (χ2v) is 3.48. The molecule has 0 rings (SSSR count). The predicted molar refractivity (Wildman–Crippen MR) is 59.1 cm³/mol. The summed E-state index contributed by atoms with van der Waals surface area (Å²) >= 11 is 0. The van der Waals surface area contributed by atoms with Crippen LogP contribution in [0.25, 0.3) is 0 Å². The Morgan fingerprint density at radius 3 is 2.57 bits per heavy atom. The number of ether oxygens (including phenoxy) is 1. The number of rotatable bonds is 7. The second-order valence-electron chi connectivity index (χ2n) is 3.48. The lowest BCUT2D eigenvalue weighted by Gasteiger charge is -2.12. The second kappa shape index (κ2) is 8.79. The molecular formula is C12H22O2. The fourth-order valence-corrected chi connectivity index (χ4v) is 1.29. The van der Waals surface area contributed by atoms with Crippen molar-refractivity contribution in [2.24, 2.45) is 0 Å². The molecule has 0 heterocycles. The average molecular weight is 198 g/mol. The lowest BCUT2D eigenvalue weighted by atomic mass is 10.1. The van der Waals surface area contributed by atoms with Crippen LogP contribution in [0.5, 0.6) is 0 Å². The molecule has 0 aliphatic carbocycles. The first-order chi connectivity index (χ1) is 6.70. The van der Waals surface area contributed by atoms with Crippen LogP contribution in [0, 0.1) is 0 Å². The van der Waals surface area contributed by atoms with Gasteiger partial charge in [-0.15, -0.1) is 0 Å². The van der Waals surface area contributed by atoms with Crippen LogP contribution in [0.3, 0.4) is 0 Å². The maximum absolute atomic E-state index is 10.8. The minimum atomic E-state index is -0.188. The highest BCUT2D eigenvalue weighted by Crippen LogP contribution is 2.08. The summed E-state index contributed by atoms with van der Waals surface area (Å²) in [5.41, 5.74) is 0. The lowest BCUT2D eigenvalue weighted by Crippen LogP contribution is -2.13. The third-order valence-electron chi connectivity index (χ3n) is 2.00. The van der Waals surface area contributed by atoms with Crippen molar-refractivity contribution < 1.29 is 9.53 Å². The Morgan fingerprint density at radius 1 is 1.36 bits per heavy atom. The van der Waals surface area contributed by atoms with Gasteiger partial charge in [0.25, 0.3) is 0 Å². The number of carbonyl (C=O) groups is 1. The third kappa shape index (κ3) is 7.84. The Hall–Kier alpha value is -0.790. The molecule has 0 aromatic carbocycles. The summed E-state index contributed by atoms with van der Waals surface area (Å²) in [6, 6.07) is 0. The molecular weight excluding hydrogens is 176 g/mol. The highest BCUT2D eigenvalue weighted by molar-refractivity contribution is 5.66. The van der Waals surface area contributed by atoms with E-state index >= 15 is 0 Å². The first-order valence-corrected chi connectivity index (χ1v) is 5.54. The highest BCUT2D eigenvalue weighted by Gasteiger charge is 2.06. The average Bonchev–Trinajstić information content (AvgIpc) is 2.13. The molecule has 0 spiro atoms. The van der Waals surface area contributed by atoms with Crippen molar-refractivity contribution in [2.75, 3.05) is 0 Å². The molecule has 0 amide bonds. The quantitative estimate of drug-likeness (QED) is 0.356. The third-order valence-corrected chi connectivity index (χ3v) is 2.00. The molecule has 82 valence electrons. The summed E-state index contributed by atoms with van der Waals surface area (Å²) in [5.74, 6) is -0.188. The molecule has 0 fully saturated rings. The molecule has 0 saturated heterocycles. The van der Waals surface area contributed by atoms with Gasteiger partial charge in [0.1, 0.15) is 6.10 Å². The van der Waals surface area contributed by atoms with E-state index in [0.717, 1.165) is 19.3 Å². The van der Waals surface area contributed by atoms with E-state index in [1.807, 2.05) is 6.08 Å². The SMILES string of the molecule is CCC=CC(CCCCC)OC(C)=O. The van der Waals surface area contributed by atoms with Gasteiger partial charge in [0.15, 0.2) is 0 Å². The number of hydrogen-bond donors (Lipinski definition) is 0. The Morgan fingerprint density at radius 2 is 2.07 bits per heavy atom. The van der Waals surface area contributed by atoms with Crippen molar-refractivity contribution in [1.82, 2.24) is 0 Å². The summed E-state index contributed by atoms with van der Waals surface area (Å²) in [5, 5.41) is 0. The van der Waals surface area contributed by atoms with Gasteiger partial charge in [-0.3, -0.25) is 4.79 Å². The lowest BCUT2D eigenvalue weighted by molar-refractivity contribution is -0.144. The minimum absolute atomic E-state index is 0.0148. The van der Waals surface area contributed by atoms with Crippen LogP contribution in [-0.2, 0) is 9.53 Å². The van der Waals surface area contributed by atoms with Crippen LogP contribution in [0.2, 0.25) is 0 Å². The van der Waals surface area contributed by atoms with E-state index in [2.05, 4.69) is 19.9 Å². The minimum Gasteiger partial charge on any atom is -0.458 e. The molecule has 0 aromatic heterocycles. The number of hydrogen-bond acceptors (Lipinski definition) is 2. The van der Waals surface area contributed by atoms with Gasteiger partial charge in [-0.1, -0.05) is 32.8 Å². The zero-order valence-electron chi connectivity index (χ0n) is 9.58. The Bertz CT molecular complexity index is 173. The van der Waals surface area contributed by atoms with E-state index in [0.29, 0.717) is 0 Å². The smallest absolute Gasteiger partial charge is 0.303 e. The van der Waals surface area contributed by atoms with Crippen LogP contribution in [0.15, 0.2) is 12.2 Å². The maximum Gasteiger partial charge on any atom is 0.303 e. The molecule has 14 heavy (non-hydrogen) atoms. The topological polar surface area (TPSA) is 26.3 Å². The standard InChI is InChI=1S/C12H22O2/c1-4-6-8-10-12(9-7-5-2)14-11(3)13/h7,9,12H,4-6,8,10H2,1-3H3. The van der Waals surface area contributed by atoms with E-state index < -0.39 is 0 Å². The largest absolute Gasteiger partial charge is 0.458 e. The molecule has 1 unspecified atom stereocenters. The molecule has 0 N–H and O–H groups in total. The number of unbranched alkanes of at least 4 members (excludes halogenated alkanes) is 2. The van der Waals surface area contributed by atoms with Gasteiger partial charge in [-0.25, -0.2) is 0 Å². The van der Waals surface area contributed by atoms with E-state index in [9.17, 15) is 4.79 Å². The van der Waals surface area contributed by atoms with Gasteiger partial charge in [0.05, 0.1) is 0 Å². The van der Waals surface area contributed by atoms with Crippen LogP contribution in [-0.4, -0.2) is 12.1 Å². The van der Waals surface area contributed by atoms with E-state index in [1.54, 1.807) is 0 Å². The summed E-state index contributed by atoms with van der Waals surface area (Å²) in [6.45, 7) is 5.71. The van der Waals surface area contributed by atoms with Crippen LogP contribution in [0.1, 0.15) is 52.9 Å².